The molecule has 0 atom stereocenters. The zero-order chi connectivity index (χ0) is 28.2. The van der Waals surface area contributed by atoms with Crippen molar-refractivity contribution in [2.45, 2.75) is 6.92 Å². The van der Waals surface area contributed by atoms with Crippen LogP contribution in [0.4, 0.5) is 0 Å². The van der Waals surface area contributed by atoms with Crippen LogP contribution in [0.3, 0.4) is 0 Å². The van der Waals surface area contributed by atoms with Gasteiger partial charge in [-0.2, -0.15) is 0 Å². The first-order valence-electron chi connectivity index (χ1n) is 13.5. The van der Waals surface area contributed by atoms with E-state index in [1.807, 2.05) is 61.7 Å². The molecule has 0 radical (unpaired) electrons. The Morgan fingerprint density at radius 2 is 1.22 bits per heavy atom. The van der Waals surface area contributed by atoms with E-state index in [-0.39, 0.29) is 0 Å². The van der Waals surface area contributed by atoms with Crippen LogP contribution >= 0.6 is 0 Å². The van der Waals surface area contributed by atoms with Gasteiger partial charge < -0.3 is 0 Å². The first kappa shape index (κ1) is 25.8. The Kier molecular flexibility index (Phi) is 7.12. The summed E-state index contributed by atoms with van der Waals surface area (Å²) < 4.78 is 0. The zero-order valence-corrected chi connectivity index (χ0v) is 22.8. The van der Waals surface area contributed by atoms with Gasteiger partial charge in [-0.1, -0.05) is 116 Å². The van der Waals surface area contributed by atoms with E-state index in [2.05, 4.69) is 78.8 Å². The van der Waals surface area contributed by atoms with Crippen molar-refractivity contribution in [2.75, 3.05) is 0 Å². The molecule has 6 aromatic rings. The van der Waals surface area contributed by atoms with E-state index < -0.39 is 0 Å². The van der Waals surface area contributed by atoms with Crippen LogP contribution in [0.25, 0.3) is 61.4 Å². The van der Waals surface area contributed by atoms with Crippen molar-refractivity contribution < 1.29 is 0 Å². The van der Waals surface area contributed by atoms with E-state index in [1.54, 1.807) is 12.2 Å². The summed E-state index contributed by atoms with van der Waals surface area (Å²) >= 11 is 0. The molecule has 4 aromatic carbocycles. The van der Waals surface area contributed by atoms with Gasteiger partial charge in [0, 0.05) is 34.0 Å². The Hall–Kier alpha value is -5.48. The molecule has 4 heteroatoms. The Balaban J connectivity index is 1.36. The van der Waals surface area contributed by atoms with Gasteiger partial charge in [0.1, 0.15) is 0 Å². The molecule has 0 spiro atoms. The summed E-state index contributed by atoms with van der Waals surface area (Å²) in [6.45, 7) is 9.78. The van der Waals surface area contributed by atoms with E-state index in [1.165, 1.54) is 10.9 Å². The van der Waals surface area contributed by atoms with Crippen LogP contribution in [0.2, 0.25) is 0 Å². The number of nitrogens with zero attached hydrogens (tertiary/aromatic N) is 4. The number of rotatable bonds is 7. The molecule has 0 bridgehead atoms. The summed E-state index contributed by atoms with van der Waals surface area (Å²) in [6.07, 6.45) is 7.24. The van der Waals surface area contributed by atoms with Crippen molar-refractivity contribution >= 4 is 16.3 Å². The molecule has 0 unspecified atom stereocenters. The van der Waals surface area contributed by atoms with Crippen LogP contribution in [0.1, 0.15) is 11.5 Å². The maximum absolute atomic E-state index is 4.85. The van der Waals surface area contributed by atoms with Crippen molar-refractivity contribution in [2.24, 2.45) is 0 Å². The maximum atomic E-state index is 4.85. The largest absolute Gasteiger partial charge is 0.261 e. The van der Waals surface area contributed by atoms with Crippen LogP contribution in [0, 0.1) is 6.92 Å². The summed E-state index contributed by atoms with van der Waals surface area (Å²) in [5.74, 6) is 1.77. The molecular weight excluding hydrogens is 500 g/mol. The summed E-state index contributed by atoms with van der Waals surface area (Å²) in [5, 5.41) is 2.34. The molecule has 0 aliphatic heterocycles. The van der Waals surface area contributed by atoms with Gasteiger partial charge in [0.25, 0.3) is 0 Å². The van der Waals surface area contributed by atoms with Crippen LogP contribution in [-0.2, 0) is 0 Å². The zero-order valence-electron chi connectivity index (χ0n) is 22.8. The molecule has 0 saturated heterocycles. The molecule has 0 aliphatic rings. The summed E-state index contributed by atoms with van der Waals surface area (Å²) in [6, 6.07) is 35.5. The van der Waals surface area contributed by atoms with Gasteiger partial charge in [0.2, 0.25) is 0 Å². The first-order chi connectivity index (χ1) is 20.1. The van der Waals surface area contributed by atoms with E-state index in [0.717, 1.165) is 44.5 Å². The number of pyridine rings is 1. The Morgan fingerprint density at radius 1 is 0.585 bits per heavy atom. The standard InChI is InChI=1S/C37H28N4/c1-4-10-26(5-2)35-39-36(29-11-7-6-8-12-29)41-37(40-35)33-14-9-13-30(22-33)27-15-17-28(18-16-27)32-20-19-31-21-25(3)38-24-34(31)23-32/h4-24H,1-2H2,3H3/b26-10+. The maximum Gasteiger partial charge on any atom is 0.164 e. The summed E-state index contributed by atoms with van der Waals surface area (Å²) in [7, 11) is 0. The molecular formula is C37H28N4. The lowest BCUT2D eigenvalue weighted by Crippen LogP contribution is -2.02. The second-order valence-electron chi connectivity index (χ2n) is 9.78. The van der Waals surface area contributed by atoms with Crippen molar-refractivity contribution in [1.29, 1.82) is 0 Å². The average Bonchev–Trinajstić information content (AvgIpc) is 3.03. The summed E-state index contributed by atoms with van der Waals surface area (Å²) in [5.41, 5.74) is 8.17. The Bertz CT molecular complexity index is 1920. The van der Waals surface area contributed by atoms with Crippen molar-refractivity contribution in [3.8, 4) is 45.0 Å². The highest BCUT2D eigenvalue weighted by atomic mass is 15.0. The highest BCUT2D eigenvalue weighted by Gasteiger charge is 2.13. The molecule has 41 heavy (non-hydrogen) atoms. The van der Waals surface area contributed by atoms with E-state index >= 15 is 0 Å². The fourth-order valence-corrected chi connectivity index (χ4v) is 4.84. The molecule has 6 rings (SSSR count). The fourth-order valence-electron chi connectivity index (χ4n) is 4.84. The van der Waals surface area contributed by atoms with Gasteiger partial charge in [0.05, 0.1) is 0 Å². The summed E-state index contributed by atoms with van der Waals surface area (Å²) in [4.78, 5) is 18.9. The van der Waals surface area contributed by atoms with E-state index in [4.69, 9.17) is 15.0 Å². The Labute approximate surface area is 240 Å². The van der Waals surface area contributed by atoms with E-state index in [9.17, 15) is 0 Å². The van der Waals surface area contributed by atoms with Crippen LogP contribution < -0.4 is 0 Å². The van der Waals surface area contributed by atoms with Gasteiger partial charge in [-0.25, -0.2) is 15.0 Å². The normalized spacial score (nSPS) is 11.4. The first-order valence-corrected chi connectivity index (χ1v) is 13.5. The Morgan fingerprint density at radius 3 is 1.93 bits per heavy atom. The van der Waals surface area contributed by atoms with Crippen LogP contribution in [0.5, 0.6) is 0 Å². The number of hydrogen-bond donors (Lipinski definition) is 0. The third kappa shape index (κ3) is 5.49. The molecule has 0 saturated carbocycles. The van der Waals surface area contributed by atoms with Gasteiger partial charge in [-0.3, -0.25) is 4.98 Å². The third-order valence-corrected chi connectivity index (χ3v) is 6.97. The predicted molar refractivity (Wildman–Crippen MR) is 170 cm³/mol. The highest BCUT2D eigenvalue weighted by Crippen LogP contribution is 2.30. The monoisotopic (exact) mass is 528 g/mol. The second-order valence-corrected chi connectivity index (χ2v) is 9.78. The molecule has 196 valence electrons. The van der Waals surface area contributed by atoms with Gasteiger partial charge >= 0.3 is 0 Å². The van der Waals surface area contributed by atoms with Crippen molar-refractivity contribution in [3.05, 3.63) is 152 Å². The number of aromatic nitrogens is 4. The topological polar surface area (TPSA) is 51.6 Å². The molecule has 0 amide bonds. The van der Waals surface area contributed by atoms with Crippen molar-refractivity contribution in [1.82, 2.24) is 19.9 Å². The predicted octanol–water partition coefficient (Wildman–Crippen LogP) is 9.15. The minimum atomic E-state index is 0.555. The number of hydrogen-bond acceptors (Lipinski definition) is 4. The fraction of sp³-hybridized carbons (Fsp3) is 0.0270. The molecule has 4 nitrogen and oxygen atoms in total. The minimum absolute atomic E-state index is 0.555. The molecule has 0 fully saturated rings. The lowest BCUT2D eigenvalue weighted by molar-refractivity contribution is 1.04. The number of aryl methyl sites for hydroxylation is 1. The van der Waals surface area contributed by atoms with Crippen LogP contribution in [0.15, 0.2) is 141 Å². The van der Waals surface area contributed by atoms with Crippen LogP contribution in [-0.4, -0.2) is 19.9 Å². The lowest BCUT2D eigenvalue weighted by atomic mass is 9.98. The van der Waals surface area contributed by atoms with Crippen molar-refractivity contribution in [3.63, 3.8) is 0 Å². The molecule has 0 aliphatic carbocycles. The van der Waals surface area contributed by atoms with Gasteiger partial charge in [-0.15, -0.1) is 0 Å². The third-order valence-electron chi connectivity index (χ3n) is 6.97. The minimum Gasteiger partial charge on any atom is -0.261 e. The molecule has 2 heterocycles. The molecule has 2 aromatic heterocycles. The smallest absolute Gasteiger partial charge is 0.164 e. The van der Waals surface area contributed by atoms with E-state index in [0.29, 0.717) is 17.5 Å². The highest BCUT2D eigenvalue weighted by molar-refractivity contribution is 5.87. The molecule has 0 N–H and O–H groups in total. The lowest BCUT2D eigenvalue weighted by Gasteiger charge is -2.10. The SMILES string of the molecule is C=C/C=C(\C=C)c1nc(-c2ccccc2)nc(-c2cccc(-c3ccc(-c4ccc5cc(C)ncc5c4)cc3)c2)n1. The average molecular weight is 529 g/mol. The number of fused-ring (bicyclic) bond motifs is 1. The number of allylic oxidation sites excluding steroid dienone is 4. The quantitative estimate of drug-likeness (QED) is 0.194. The van der Waals surface area contributed by atoms with Gasteiger partial charge in [0.15, 0.2) is 17.5 Å². The number of benzene rings is 4. The second kappa shape index (κ2) is 11.3. The van der Waals surface area contributed by atoms with Gasteiger partial charge in [-0.05, 0) is 52.8 Å².